The van der Waals surface area contributed by atoms with Crippen molar-refractivity contribution >= 4 is 56.6 Å². The van der Waals surface area contributed by atoms with Gasteiger partial charge in [0.25, 0.3) is 0 Å². The monoisotopic (exact) mass is 621 g/mol. The van der Waals surface area contributed by atoms with E-state index < -0.39 is 23.7 Å². The lowest BCUT2D eigenvalue weighted by atomic mass is 9.59. The van der Waals surface area contributed by atoms with Crippen molar-refractivity contribution in [1.82, 2.24) is 0 Å². The molecule has 0 bridgehead atoms. The normalized spacial score (nSPS) is 25.9. The Morgan fingerprint density at radius 2 is 1.80 bits per heavy atom. The molecule has 0 radical (unpaired) electrons. The summed E-state index contributed by atoms with van der Waals surface area (Å²) in [6.07, 6.45) is 3.69. The molecule has 1 fully saturated rings. The number of aromatic hydroxyl groups is 1. The summed E-state index contributed by atoms with van der Waals surface area (Å²) < 4.78 is 6.00. The van der Waals surface area contributed by atoms with Crippen molar-refractivity contribution < 1.29 is 29.0 Å². The Balaban J connectivity index is 1.52. The number of carbonyl (C=O) groups is 4. The molecule has 6 rings (SSSR count). The van der Waals surface area contributed by atoms with Crippen LogP contribution in [0, 0.1) is 24.7 Å². The summed E-state index contributed by atoms with van der Waals surface area (Å²) in [7, 11) is 1.43. The predicted molar refractivity (Wildman–Crippen MR) is 152 cm³/mol. The fourth-order valence-electron chi connectivity index (χ4n) is 6.68. The van der Waals surface area contributed by atoms with Crippen LogP contribution in [0.15, 0.2) is 69.2 Å². The summed E-state index contributed by atoms with van der Waals surface area (Å²) in [5.74, 6) is -3.81. The van der Waals surface area contributed by atoms with Crippen LogP contribution in [0.5, 0.6) is 11.5 Å². The summed E-state index contributed by atoms with van der Waals surface area (Å²) >= 11 is 9.80. The second-order valence-corrected chi connectivity index (χ2v) is 12.0. The minimum absolute atomic E-state index is 0.150. The van der Waals surface area contributed by atoms with Crippen molar-refractivity contribution in [2.45, 2.75) is 32.6 Å². The highest BCUT2D eigenvalue weighted by molar-refractivity contribution is 9.10. The second-order valence-electron chi connectivity index (χ2n) is 10.7. The first-order chi connectivity index (χ1) is 19.0. The molecule has 2 aromatic carbocycles. The third-order valence-electron chi connectivity index (χ3n) is 8.58. The number of rotatable bonds is 3. The van der Waals surface area contributed by atoms with E-state index in [0.717, 1.165) is 11.1 Å². The SMILES string of the molecule is COc1cc(Br)cc(C2C3=CCC4C(=O)N(c5ccc(C)c(Cl)c5)C(=O)C4C3CC3=C2C(=O)C=C(C)C3=O)c1O. The summed E-state index contributed by atoms with van der Waals surface area (Å²) in [5.41, 5.74) is 3.32. The maximum atomic E-state index is 14.0. The molecular weight excluding hydrogens is 598 g/mol. The molecule has 1 saturated heterocycles. The van der Waals surface area contributed by atoms with Gasteiger partial charge in [-0.1, -0.05) is 45.2 Å². The molecule has 4 unspecified atom stereocenters. The number of ketones is 2. The molecule has 0 saturated carbocycles. The van der Waals surface area contributed by atoms with Crippen LogP contribution in [0.2, 0.25) is 5.02 Å². The van der Waals surface area contributed by atoms with E-state index in [9.17, 15) is 24.3 Å². The van der Waals surface area contributed by atoms with Crippen molar-refractivity contribution in [2.24, 2.45) is 17.8 Å². The van der Waals surface area contributed by atoms with Crippen LogP contribution in [0.3, 0.4) is 0 Å². The molecule has 40 heavy (non-hydrogen) atoms. The molecule has 4 aliphatic rings. The number of Topliss-reactive ketones (excluding diaryl/α,β-unsaturated/α-hetero) is 1. The Kier molecular flexibility index (Phi) is 6.39. The van der Waals surface area contributed by atoms with Crippen LogP contribution in [0.1, 0.15) is 36.8 Å². The lowest BCUT2D eigenvalue weighted by Crippen LogP contribution is -2.39. The molecule has 1 N–H and O–H groups in total. The van der Waals surface area contributed by atoms with Gasteiger partial charge in [0.2, 0.25) is 11.8 Å². The van der Waals surface area contributed by atoms with Gasteiger partial charge in [0.05, 0.1) is 24.6 Å². The van der Waals surface area contributed by atoms with Crippen LogP contribution < -0.4 is 9.64 Å². The maximum Gasteiger partial charge on any atom is 0.238 e. The highest BCUT2D eigenvalue weighted by Crippen LogP contribution is 2.57. The largest absolute Gasteiger partial charge is 0.504 e. The quantitative estimate of drug-likeness (QED) is 0.266. The fraction of sp³-hybridized carbons (Fsp3) is 0.290. The number of anilines is 1. The van der Waals surface area contributed by atoms with Gasteiger partial charge >= 0.3 is 0 Å². The van der Waals surface area contributed by atoms with Crippen LogP contribution in [-0.4, -0.2) is 35.6 Å². The average Bonchev–Trinajstić information content (AvgIpc) is 3.18. The molecule has 0 aromatic heterocycles. The van der Waals surface area contributed by atoms with E-state index in [1.165, 1.54) is 18.1 Å². The number of phenolic OH excluding ortho intramolecular Hbond substituents is 1. The van der Waals surface area contributed by atoms with E-state index in [1.54, 1.807) is 37.3 Å². The summed E-state index contributed by atoms with van der Waals surface area (Å²) in [5, 5.41) is 11.7. The number of methoxy groups -OCH3 is 1. The summed E-state index contributed by atoms with van der Waals surface area (Å²) in [6.45, 7) is 3.44. The van der Waals surface area contributed by atoms with Gasteiger partial charge in [0.15, 0.2) is 23.1 Å². The number of halogens is 2. The Bertz CT molecular complexity index is 1650. The number of allylic oxidation sites excluding steroid dienone is 6. The number of hydrogen-bond acceptors (Lipinski definition) is 6. The zero-order chi connectivity index (χ0) is 28.6. The number of phenols is 1. The number of hydrogen-bond donors (Lipinski definition) is 1. The Hall–Kier alpha value is -3.49. The third-order valence-corrected chi connectivity index (χ3v) is 9.44. The number of nitrogens with zero attached hydrogens (tertiary/aromatic N) is 1. The molecule has 0 spiro atoms. The van der Waals surface area contributed by atoms with E-state index in [2.05, 4.69) is 15.9 Å². The van der Waals surface area contributed by atoms with Crippen LogP contribution in [0.25, 0.3) is 0 Å². The highest BCUT2D eigenvalue weighted by Gasteiger charge is 2.57. The Morgan fingerprint density at radius 1 is 1.05 bits per heavy atom. The van der Waals surface area contributed by atoms with E-state index in [0.29, 0.717) is 43.9 Å². The first-order valence-electron chi connectivity index (χ1n) is 12.9. The van der Waals surface area contributed by atoms with Gasteiger partial charge in [-0.15, -0.1) is 0 Å². The van der Waals surface area contributed by atoms with Crippen molar-refractivity contribution in [3.8, 4) is 11.5 Å². The van der Waals surface area contributed by atoms with Gasteiger partial charge in [-0.3, -0.25) is 19.2 Å². The molecule has 7 nitrogen and oxygen atoms in total. The number of imide groups is 1. The van der Waals surface area contributed by atoms with E-state index in [4.69, 9.17) is 16.3 Å². The molecule has 2 amide bonds. The zero-order valence-electron chi connectivity index (χ0n) is 22.0. The molecule has 1 heterocycles. The lowest BCUT2D eigenvalue weighted by Gasteiger charge is -2.42. The van der Waals surface area contributed by atoms with E-state index >= 15 is 0 Å². The predicted octanol–water partition coefficient (Wildman–Crippen LogP) is 5.76. The van der Waals surface area contributed by atoms with Crippen molar-refractivity contribution in [3.05, 3.63) is 85.4 Å². The maximum absolute atomic E-state index is 14.0. The molecule has 4 atom stereocenters. The smallest absolute Gasteiger partial charge is 0.238 e. The van der Waals surface area contributed by atoms with E-state index in [-0.39, 0.29) is 41.3 Å². The minimum atomic E-state index is -0.785. The first kappa shape index (κ1) is 26.7. The Morgan fingerprint density at radius 3 is 2.50 bits per heavy atom. The van der Waals surface area contributed by atoms with Gasteiger partial charge in [-0.05, 0) is 68.5 Å². The van der Waals surface area contributed by atoms with Crippen LogP contribution in [-0.2, 0) is 19.2 Å². The summed E-state index contributed by atoms with van der Waals surface area (Å²) in [4.78, 5) is 55.8. The van der Waals surface area contributed by atoms with Crippen LogP contribution >= 0.6 is 27.5 Å². The van der Waals surface area contributed by atoms with Gasteiger partial charge in [-0.25, -0.2) is 4.90 Å². The third kappa shape index (κ3) is 3.84. The number of carbonyl (C=O) groups excluding carboxylic acids is 4. The molecule has 9 heteroatoms. The lowest BCUT2D eigenvalue weighted by molar-refractivity contribution is -0.123. The van der Waals surface area contributed by atoms with Crippen molar-refractivity contribution in [1.29, 1.82) is 0 Å². The molecular formula is C31H25BrClNO6. The topological polar surface area (TPSA) is 101 Å². The Labute approximate surface area is 244 Å². The molecule has 1 aliphatic heterocycles. The van der Waals surface area contributed by atoms with Crippen molar-refractivity contribution in [2.75, 3.05) is 12.0 Å². The molecule has 204 valence electrons. The average molecular weight is 623 g/mol. The minimum Gasteiger partial charge on any atom is -0.504 e. The summed E-state index contributed by atoms with van der Waals surface area (Å²) in [6, 6.07) is 8.40. The number of benzene rings is 2. The van der Waals surface area contributed by atoms with Gasteiger partial charge < -0.3 is 9.84 Å². The van der Waals surface area contributed by atoms with E-state index in [1.807, 2.05) is 13.0 Å². The zero-order valence-corrected chi connectivity index (χ0v) is 24.3. The molecule has 3 aliphatic carbocycles. The number of amides is 2. The van der Waals surface area contributed by atoms with Crippen molar-refractivity contribution in [3.63, 3.8) is 0 Å². The van der Waals surface area contributed by atoms with Gasteiger partial charge in [0, 0.05) is 37.7 Å². The highest BCUT2D eigenvalue weighted by atomic mass is 79.9. The molecule has 2 aromatic rings. The van der Waals surface area contributed by atoms with Gasteiger partial charge in [-0.2, -0.15) is 0 Å². The fourth-order valence-corrected chi connectivity index (χ4v) is 7.31. The standard InChI is InChI=1S/C31H25BrClNO6/c1-13-4-5-16(11-22(13)33)34-30(38)18-7-6-17-19(26(18)31(34)39)12-21-27(23(35)8-14(2)28(21)36)25(17)20-9-15(32)10-24(40-3)29(20)37/h4-6,8-11,18-19,25-26,37H,7,12H2,1-3H3. The first-order valence-corrected chi connectivity index (χ1v) is 14.1. The van der Waals surface area contributed by atoms with Crippen LogP contribution in [0.4, 0.5) is 5.69 Å². The van der Waals surface area contributed by atoms with Gasteiger partial charge in [0.1, 0.15) is 0 Å². The number of aryl methyl sites for hydroxylation is 1. The second kappa shape index (κ2) is 9.56. The number of fused-ring (bicyclic) bond motifs is 3. The number of ether oxygens (including phenoxy) is 1.